The van der Waals surface area contributed by atoms with Gasteiger partial charge in [-0.3, -0.25) is 0 Å². The van der Waals surface area contributed by atoms with E-state index in [0.29, 0.717) is 14.8 Å². The van der Waals surface area contributed by atoms with Gasteiger partial charge in [-0.05, 0) is 75.9 Å². The van der Waals surface area contributed by atoms with E-state index in [9.17, 15) is 22.4 Å². The fourth-order valence-electron chi connectivity index (χ4n) is 2.03. The molecule has 2 heterocycles. The fraction of sp³-hybridized carbons (Fsp3) is 0.421. The Morgan fingerprint density at radius 1 is 0.968 bits per heavy atom. The SMILES string of the molecule is CC(C)(C)OC(=O)NC(c1ccc(Br)nc1)C(F)F.NC(c1ccc(Br)nc1)C(F)F. The number of carbonyl (C=O) groups is 1. The molecule has 0 bridgehead atoms. The monoisotopic (exact) mass is 572 g/mol. The van der Waals surface area contributed by atoms with Crippen molar-refractivity contribution in [2.45, 2.75) is 51.3 Å². The van der Waals surface area contributed by atoms with Gasteiger partial charge in [0.1, 0.15) is 20.8 Å². The Bertz CT molecular complexity index is 819. The molecule has 12 heteroatoms. The Labute approximate surface area is 194 Å². The van der Waals surface area contributed by atoms with Crippen molar-refractivity contribution < 1.29 is 27.1 Å². The second kappa shape index (κ2) is 12.3. The number of halogens is 6. The third-order valence-electron chi connectivity index (χ3n) is 3.44. The molecule has 0 saturated heterocycles. The van der Waals surface area contributed by atoms with E-state index in [2.05, 4.69) is 47.1 Å². The average molecular weight is 574 g/mol. The number of nitrogens with zero attached hydrogens (tertiary/aromatic N) is 2. The molecule has 0 saturated carbocycles. The Balaban J connectivity index is 0.000000343. The van der Waals surface area contributed by atoms with Crippen molar-refractivity contribution in [2.24, 2.45) is 5.73 Å². The molecule has 2 aromatic heterocycles. The van der Waals surface area contributed by atoms with Gasteiger partial charge in [-0.15, -0.1) is 0 Å². The van der Waals surface area contributed by atoms with E-state index in [-0.39, 0.29) is 5.56 Å². The quantitative estimate of drug-likeness (QED) is 0.349. The Morgan fingerprint density at radius 2 is 1.45 bits per heavy atom. The van der Waals surface area contributed by atoms with Crippen LogP contribution in [0.1, 0.15) is 44.0 Å². The van der Waals surface area contributed by atoms with Crippen LogP contribution in [0.15, 0.2) is 45.9 Å². The van der Waals surface area contributed by atoms with Crippen LogP contribution in [-0.4, -0.2) is 34.5 Å². The number of nitrogens with one attached hydrogen (secondary N) is 1. The number of amides is 1. The van der Waals surface area contributed by atoms with Crippen LogP contribution in [0.5, 0.6) is 0 Å². The lowest BCUT2D eigenvalue weighted by atomic mass is 10.1. The zero-order chi connectivity index (χ0) is 23.8. The second-order valence-electron chi connectivity index (χ2n) is 7.15. The molecule has 3 N–H and O–H groups in total. The fourth-order valence-corrected chi connectivity index (χ4v) is 2.50. The number of rotatable bonds is 5. The van der Waals surface area contributed by atoms with Crippen molar-refractivity contribution in [3.05, 3.63) is 57.0 Å². The summed E-state index contributed by atoms with van der Waals surface area (Å²) in [7, 11) is 0. The number of alkyl carbamates (subject to hydrolysis) is 1. The van der Waals surface area contributed by atoms with Crippen LogP contribution in [-0.2, 0) is 4.74 Å². The summed E-state index contributed by atoms with van der Waals surface area (Å²) in [6.45, 7) is 4.97. The number of alkyl halides is 4. The minimum atomic E-state index is -2.75. The van der Waals surface area contributed by atoms with Gasteiger partial charge in [-0.1, -0.05) is 12.1 Å². The zero-order valence-corrected chi connectivity index (χ0v) is 20.0. The van der Waals surface area contributed by atoms with Gasteiger partial charge in [0.05, 0.1) is 6.04 Å². The Morgan fingerprint density at radius 3 is 1.81 bits per heavy atom. The number of nitrogens with two attached hydrogens (primary N) is 1. The van der Waals surface area contributed by atoms with E-state index in [1.165, 1.54) is 30.6 Å². The van der Waals surface area contributed by atoms with Crippen molar-refractivity contribution in [1.29, 1.82) is 0 Å². The molecule has 0 radical (unpaired) electrons. The molecule has 0 aliphatic rings. The van der Waals surface area contributed by atoms with Crippen LogP contribution in [0.4, 0.5) is 22.4 Å². The number of ether oxygens (including phenoxy) is 1. The summed E-state index contributed by atoms with van der Waals surface area (Å²) >= 11 is 6.20. The molecule has 0 aliphatic carbocycles. The van der Waals surface area contributed by atoms with Crippen LogP contribution in [0, 0.1) is 0 Å². The summed E-state index contributed by atoms with van der Waals surface area (Å²) in [5.41, 5.74) is 4.99. The molecule has 6 nitrogen and oxygen atoms in total. The van der Waals surface area contributed by atoms with E-state index in [1.54, 1.807) is 26.8 Å². The summed E-state index contributed by atoms with van der Waals surface area (Å²) in [6.07, 6.45) is -3.58. The largest absolute Gasteiger partial charge is 0.444 e. The molecule has 0 fully saturated rings. The van der Waals surface area contributed by atoms with Gasteiger partial charge in [0.25, 0.3) is 12.9 Å². The number of pyridine rings is 2. The highest BCUT2D eigenvalue weighted by Gasteiger charge is 2.27. The lowest BCUT2D eigenvalue weighted by molar-refractivity contribution is 0.0372. The first-order valence-corrected chi connectivity index (χ1v) is 10.4. The predicted molar refractivity (Wildman–Crippen MR) is 115 cm³/mol. The van der Waals surface area contributed by atoms with Crippen molar-refractivity contribution in [3.8, 4) is 0 Å². The molecule has 2 atom stereocenters. The number of aromatic nitrogens is 2. The van der Waals surface area contributed by atoms with E-state index in [4.69, 9.17) is 10.5 Å². The van der Waals surface area contributed by atoms with E-state index >= 15 is 0 Å². The molecular formula is C19H22Br2F4N4O2. The third kappa shape index (κ3) is 10.4. The van der Waals surface area contributed by atoms with Crippen LogP contribution in [0.3, 0.4) is 0 Å². The third-order valence-corrected chi connectivity index (χ3v) is 4.38. The highest BCUT2D eigenvalue weighted by atomic mass is 79.9. The van der Waals surface area contributed by atoms with Crippen LogP contribution in [0.2, 0.25) is 0 Å². The first kappa shape index (κ1) is 27.2. The highest BCUT2D eigenvalue weighted by Crippen LogP contribution is 2.22. The van der Waals surface area contributed by atoms with Gasteiger partial charge in [0, 0.05) is 12.4 Å². The topological polar surface area (TPSA) is 90.1 Å². The maximum atomic E-state index is 13.0. The van der Waals surface area contributed by atoms with Gasteiger partial charge in [0.15, 0.2) is 0 Å². The summed E-state index contributed by atoms with van der Waals surface area (Å²) < 4.78 is 56.1. The molecule has 2 rings (SSSR count). The molecule has 2 aromatic rings. The first-order valence-electron chi connectivity index (χ1n) is 8.84. The zero-order valence-electron chi connectivity index (χ0n) is 16.8. The Kier molecular flexibility index (Phi) is 10.8. The predicted octanol–water partition coefficient (Wildman–Crippen LogP) is 5.78. The van der Waals surface area contributed by atoms with Crippen molar-refractivity contribution >= 4 is 38.0 Å². The van der Waals surface area contributed by atoms with Crippen molar-refractivity contribution in [3.63, 3.8) is 0 Å². The first-order chi connectivity index (χ1) is 14.3. The Hall–Kier alpha value is -1.79. The minimum absolute atomic E-state index is 0.212. The van der Waals surface area contributed by atoms with Crippen molar-refractivity contribution in [2.75, 3.05) is 0 Å². The number of hydrogen-bond acceptors (Lipinski definition) is 5. The van der Waals surface area contributed by atoms with E-state index < -0.39 is 36.6 Å². The molecular weight excluding hydrogens is 552 g/mol. The highest BCUT2D eigenvalue weighted by molar-refractivity contribution is 9.10. The van der Waals surface area contributed by atoms with E-state index in [0.717, 1.165) is 0 Å². The van der Waals surface area contributed by atoms with Crippen LogP contribution >= 0.6 is 31.9 Å². The molecule has 0 spiro atoms. The maximum absolute atomic E-state index is 13.0. The molecule has 172 valence electrons. The average Bonchev–Trinajstić information content (AvgIpc) is 2.66. The van der Waals surface area contributed by atoms with Gasteiger partial charge >= 0.3 is 6.09 Å². The van der Waals surface area contributed by atoms with Crippen LogP contribution < -0.4 is 11.1 Å². The minimum Gasteiger partial charge on any atom is -0.444 e. The molecule has 1 amide bonds. The maximum Gasteiger partial charge on any atom is 0.408 e. The lowest BCUT2D eigenvalue weighted by Crippen LogP contribution is -2.37. The van der Waals surface area contributed by atoms with Gasteiger partial charge < -0.3 is 15.8 Å². The molecule has 0 aromatic carbocycles. The summed E-state index contributed by atoms with van der Waals surface area (Å²) in [5.74, 6) is 0. The lowest BCUT2D eigenvalue weighted by Gasteiger charge is -2.23. The van der Waals surface area contributed by atoms with Gasteiger partial charge in [-0.2, -0.15) is 0 Å². The molecule has 2 unspecified atom stereocenters. The van der Waals surface area contributed by atoms with Gasteiger partial charge in [0.2, 0.25) is 0 Å². The molecule has 0 aliphatic heterocycles. The van der Waals surface area contributed by atoms with Crippen molar-refractivity contribution in [1.82, 2.24) is 15.3 Å². The second-order valence-corrected chi connectivity index (χ2v) is 8.77. The summed E-state index contributed by atoms with van der Waals surface area (Å²) in [6, 6.07) is 3.40. The summed E-state index contributed by atoms with van der Waals surface area (Å²) in [5, 5.41) is 2.14. The van der Waals surface area contributed by atoms with Crippen LogP contribution in [0.25, 0.3) is 0 Å². The smallest absolute Gasteiger partial charge is 0.408 e. The normalized spacial score (nSPS) is 13.3. The molecule has 31 heavy (non-hydrogen) atoms. The van der Waals surface area contributed by atoms with E-state index in [1.807, 2.05) is 0 Å². The standard InChI is InChI=1S/C12H15BrF2N2O2.C7H7BrF2N2/c1-12(2,3)19-11(18)17-9(10(14)15)7-4-5-8(13)16-6-7;8-5-2-1-4(3-12-5)6(11)7(9)10/h4-6,9-10H,1-3H3,(H,17,18);1-3,6-7H,11H2. The number of carbonyl (C=O) groups excluding carboxylic acids is 1. The number of hydrogen-bond donors (Lipinski definition) is 2. The van der Waals surface area contributed by atoms with Gasteiger partial charge in [-0.25, -0.2) is 32.3 Å². The summed E-state index contributed by atoms with van der Waals surface area (Å²) in [4.78, 5) is 19.2.